The topological polar surface area (TPSA) is 72.9 Å². The molecule has 2 atom stereocenters. The van der Waals surface area contributed by atoms with E-state index in [9.17, 15) is 5.11 Å². The predicted octanol–water partition coefficient (Wildman–Crippen LogP) is 7.33. The molecule has 0 aliphatic carbocycles. The maximum absolute atomic E-state index is 11.7. The van der Waals surface area contributed by atoms with E-state index in [4.69, 9.17) is 23.7 Å². The Labute approximate surface area is 270 Å². The number of rotatable bonds is 3. The van der Waals surface area contributed by atoms with Crippen LogP contribution in [0.5, 0.6) is 46.0 Å². The van der Waals surface area contributed by atoms with Crippen LogP contribution in [-0.4, -0.2) is 63.4 Å². The smallest absolute Gasteiger partial charge is 0.201 e. The molecule has 0 spiro atoms. The quantitative estimate of drug-likeness (QED) is 0.255. The number of phenolic OH excluding ortho intramolecular Hbond substituents is 1. The largest absolute Gasteiger partial charge is 0.502 e. The summed E-state index contributed by atoms with van der Waals surface area (Å²) < 4.78 is 30.5. The predicted molar refractivity (Wildman–Crippen MR) is 178 cm³/mol. The Bertz CT molecular complexity index is 1820. The standard InChI is InChI=1S/C38H40N2O6/c1-22-24-9-12-30(42-4)32(18-24)45-27-10-7-23(8-11-27)17-29-28-21-33(31(43-5)19-25(28)13-15-39(29)2)46-38-35-26(14-16-40(3)36(22)35)20-34(44-6)37(38)41/h7-12,18-21,29,36,41H,1,13-17H2,2-6H3/t29-,36-/m0/s1. The zero-order chi connectivity index (χ0) is 32.1. The molecule has 46 heavy (non-hydrogen) atoms. The van der Waals surface area contributed by atoms with Crippen molar-refractivity contribution in [3.05, 3.63) is 101 Å². The number of benzene rings is 4. The third-order valence-electron chi connectivity index (χ3n) is 9.72. The second kappa shape index (κ2) is 11.9. The Morgan fingerprint density at radius 3 is 2.17 bits per heavy atom. The first-order valence-electron chi connectivity index (χ1n) is 15.7. The van der Waals surface area contributed by atoms with Crippen LogP contribution in [0.1, 0.15) is 45.5 Å². The van der Waals surface area contributed by atoms with Gasteiger partial charge in [0.1, 0.15) is 5.75 Å². The lowest BCUT2D eigenvalue weighted by molar-refractivity contribution is 0.228. The molecule has 8 nitrogen and oxygen atoms in total. The fourth-order valence-electron chi connectivity index (χ4n) is 7.15. The van der Waals surface area contributed by atoms with Crippen molar-refractivity contribution in [3.8, 4) is 46.0 Å². The van der Waals surface area contributed by atoms with E-state index >= 15 is 0 Å². The van der Waals surface area contributed by atoms with E-state index < -0.39 is 0 Å². The minimum Gasteiger partial charge on any atom is -0.502 e. The summed E-state index contributed by atoms with van der Waals surface area (Å²) in [4.78, 5) is 4.62. The van der Waals surface area contributed by atoms with Crippen molar-refractivity contribution < 1.29 is 28.8 Å². The molecule has 4 aromatic rings. The summed E-state index contributed by atoms with van der Waals surface area (Å²) >= 11 is 0. The molecule has 8 heteroatoms. The van der Waals surface area contributed by atoms with E-state index in [1.807, 2.05) is 36.4 Å². The van der Waals surface area contributed by atoms with Crippen molar-refractivity contribution in [3.63, 3.8) is 0 Å². The van der Waals surface area contributed by atoms with Crippen LogP contribution in [-0.2, 0) is 19.3 Å². The fraction of sp³-hybridized carbons (Fsp3) is 0.316. The van der Waals surface area contributed by atoms with Crippen LogP contribution in [0.4, 0.5) is 0 Å². The summed E-state index contributed by atoms with van der Waals surface area (Å²) in [5.41, 5.74) is 7.20. The van der Waals surface area contributed by atoms with Gasteiger partial charge in [0, 0.05) is 24.7 Å². The van der Waals surface area contributed by atoms with Crippen LogP contribution in [0.2, 0.25) is 0 Å². The van der Waals surface area contributed by atoms with E-state index in [1.54, 1.807) is 21.3 Å². The number of hydrogen-bond donors (Lipinski definition) is 1. The zero-order valence-electron chi connectivity index (χ0n) is 27.1. The highest BCUT2D eigenvalue weighted by Crippen LogP contribution is 2.53. The molecule has 1 N–H and O–H groups in total. The van der Waals surface area contributed by atoms with E-state index in [-0.39, 0.29) is 17.8 Å². The van der Waals surface area contributed by atoms with Crippen LogP contribution < -0.4 is 23.7 Å². The van der Waals surface area contributed by atoms with Gasteiger partial charge < -0.3 is 28.8 Å². The first kappa shape index (κ1) is 30.0. The molecule has 4 aliphatic rings. The van der Waals surface area contributed by atoms with Gasteiger partial charge in [0.25, 0.3) is 0 Å². The van der Waals surface area contributed by atoms with Gasteiger partial charge in [-0.25, -0.2) is 0 Å². The van der Waals surface area contributed by atoms with Gasteiger partial charge in [0.05, 0.1) is 27.4 Å². The van der Waals surface area contributed by atoms with Gasteiger partial charge in [0.2, 0.25) is 5.75 Å². The third kappa shape index (κ3) is 5.11. The Hall–Kier alpha value is -4.66. The number of likely N-dealkylation sites (N-methyl/N-ethyl adjacent to an activating group) is 2. The molecule has 4 heterocycles. The first-order chi connectivity index (χ1) is 22.3. The maximum Gasteiger partial charge on any atom is 0.201 e. The van der Waals surface area contributed by atoms with Gasteiger partial charge in [-0.05, 0) is 109 Å². The molecule has 4 aliphatic heterocycles. The Balaban J connectivity index is 1.48. The number of fused-ring (bicyclic) bond motifs is 2. The lowest BCUT2D eigenvalue weighted by Crippen LogP contribution is -2.33. The SMILES string of the molecule is C=C1c2ccc(OC)c(c2)Oc2ccc(cc2)C[C@H]2c3cc(c(OC)cc3CCN2C)Oc2c(O)c(OC)cc3c2[C@H]1N(C)CC3. The number of phenols is 1. The van der Waals surface area contributed by atoms with Gasteiger partial charge in [-0.15, -0.1) is 0 Å². The minimum absolute atomic E-state index is 0.0597. The summed E-state index contributed by atoms with van der Waals surface area (Å²) in [7, 11) is 9.09. The van der Waals surface area contributed by atoms with Crippen LogP contribution in [0.25, 0.3) is 5.57 Å². The molecule has 0 radical (unpaired) electrons. The van der Waals surface area contributed by atoms with Crippen molar-refractivity contribution in [2.45, 2.75) is 31.3 Å². The fourth-order valence-corrected chi connectivity index (χ4v) is 7.15. The lowest BCUT2D eigenvalue weighted by atomic mass is 9.85. The van der Waals surface area contributed by atoms with Crippen LogP contribution in [0.3, 0.4) is 0 Å². The minimum atomic E-state index is -0.308. The van der Waals surface area contributed by atoms with Gasteiger partial charge in [-0.3, -0.25) is 9.80 Å². The van der Waals surface area contributed by atoms with Crippen molar-refractivity contribution in [1.82, 2.24) is 9.80 Å². The highest BCUT2D eigenvalue weighted by molar-refractivity contribution is 5.76. The van der Waals surface area contributed by atoms with E-state index in [2.05, 4.69) is 54.7 Å². The molecule has 0 aromatic heterocycles. The lowest BCUT2D eigenvalue weighted by Gasteiger charge is -2.38. The Kier molecular flexibility index (Phi) is 7.79. The highest BCUT2D eigenvalue weighted by Gasteiger charge is 2.36. The molecule has 8 rings (SSSR count). The monoisotopic (exact) mass is 620 g/mol. The number of methoxy groups -OCH3 is 3. The summed E-state index contributed by atoms with van der Waals surface area (Å²) in [5, 5.41) is 11.7. The normalized spacial score (nSPS) is 19.3. The number of ether oxygens (including phenoxy) is 5. The molecule has 0 saturated heterocycles. The second-order valence-corrected chi connectivity index (χ2v) is 12.4. The van der Waals surface area contributed by atoms with Gasteiger partial charge in [-0.1, -0.05) is 24.8 Å². The molecule has 0 fully saturated rings. The van der Waals surface area contributed by atoms with E-state index in [0.717, 1.165) is 60.4 Å². The molecule has 0 saturated carbocycles. The van der Waals surface area contributed by atoms with Crippen LogP contribution in [0, 0.1) is 0 Å². The number of nitrogens with zero attached hydrogens (tertiary/aromatic N) is 2. The highest BCUT2D eigenvalue weighted by atomic mass is 16.5. The van der Waals surface area contributed by atoms with E-state index in [0.29, 0.717) is 34.5 Å². The zero-order valence-corrected chi connectivity index (χ0v) is 27.1. The molecular weight excluding hydrogens is 580 g/mol. The Morgan fingerprint density at radius 2 is 1.43 bits per heavy atom. The third-order valence-corrected chi connectivity index (χ3v) is 9.72. The molecule has 6 bridgehead atoms. The first-order valence-corrected chi connectivity index (χ1v) is 15.7. The summed E-state index contributed by atoms with van der Waals surface area (Å²) in [6.45, 7) is 6.32. The summed E-state index contributed by atoms with van der Waals surface area (Å²) in [6.07, 6.45) is 2.46. The van der Waals surface area contributed by atoms with Crippen molar-refractivity contribution in [2.75, 3.05) is 48.5 Å². The Morgan fingerprint density at radius 1 is 0.761 bits per heavy atom. The van der Waals surface area contributed by atoms with E-state index in [1.165, 1.54) is 16.7 Å². The van der Waals surface area contributed by atoms with Gasteiger partial charge in [-0.2, -0.15) is 0 Å². The van der Waals surface area contributed by atoms with Crippen LogP contribution in [0.15, 0.2) is 67.2 Å². The van der Waals surface area contributed by atoms with Crippen LogP contribution >= 0.6 is 0 Å². The number of hydrogen-bond acceptors (Lipinski definition) is 8. The molecule has 0 unspecified atom stereocenters. The van der Waals surface area contributed by atoms with Crippen molar-refractivity contribution in [1.29, 1.82) is 0 Å². The summed E-state index contributed by atoms with van der Waals surface area (Å²) in [6, 6.07) is 20.0. The average molecular weight is 621 g/mol. The molecular formula is C38H40N2O6. The number of aromatic hydroxyl groups is 1. The molecule has 4 aromatic carbocycles. The average Bonchev–Trinajstić information content (AvgIpc) is 3.07. The van der Waals surface area contributed by atoms with Gasteiger partial charge >= 0.3 is 0 Å². The van der Waals surface area contributed by atoms with Crippen molar-refractivity contribution in [2.24, 2.45) is 0 Å². The molecule has 238 valence electrons. The maximum atomic E-state index is 11.7. The summed E-state index contributed by atoms with van der Waals surface area (Å²) in [5.74, 6) is 3.75. The molecule has 0 amide bonds. The van der Waals surface area contributed by atoms with Crippen molar-refractivity contribution >= 4 is 5.57 Å². The van der Waals surface area contributed by atoms with Gasteiger partial charge in [0.15, 0.2) is 34.5 Å². The second-order valence-electron chi connectivity index (χ2n) is 12.4.